The van der Waals surface area contributed by atoms with Crippen LogP contribution in [0, 0.1) is 22.9 Å². The van der Waals surface area contributed by atoms with Crippen molar-refractivity contribution in [3.63, 3.8) is 0 Å². The van der Waals surface area contributed by atoms with Crippen LogP contribution in [0.25, 0.3) is 0 Å². The first-order valence-electron chi connectivity index (χ1n) is 9.01. The van der Waals surface area contributed by atoms with Crippen LogP contribution in [0.15, 0.2) is 70.5 Å². The molecule has 0 aliphatic heterocycles. The van der Waals surface area contributed by atoms with E-state index in [1.54, 1.807) is 37.3 Å². The van der Waals surface area contributed by atoms with Crippen LogP contribution in [-0.4, -0.2) is 23.9 Å². The molecule has 0 heterocycles. The first-order chi connectivity index (χ1) is 14.8. The average Bonchev–Trinajstić information content (AvgIpc) is 2.76. The molecule has 0 aliphatic rings. The number of non-ortho nitro benzene ring substituents is 1. The fourth-order valence-electron chi connectivity index (χ4n) is 2.78. The van der Waals surface area contributed by atoms with Crippen LogP contribution in [0.2, 0.25) is 0 Å². The number of nitro groups is 1. The van der Waals surface area contributed by atoms with Crippen molar-refractivity contribution in [1.29, 1.82) is 0 Å². The first kappa shape index (κ1) is 22.0. The highest BCUT2D eigenvalue weighted by Gasteiger charge is 2.19. The zero-order valence-corrected chi connectivity index (χ0v) is 17.4. The number of nitrogens with one attached hydrogen (secondary N) is 1. The van der Waals surface area contributed by atoms with Gasteiger partial charge in [0.2, 0.25) is 0 Å². The van der Waals surface area contributed by atoms with Gasteiger partial charge >= 0.3 is 5.97 Å². The van der Waals surface area contributed by atoms with Crippen molar-refractivity contribution in [3.8, 4) is 0 Å². The van der Waals surface area contributed by atoms with Crippen molar-refractivity contribution in [2.75, 3.05) is 12.4 Å². The summed E-state index contributed by atoms with van der Waals surface area (Å²) in [6.07, 6.45) is 0. The summed E-state index contributed by atoms with van der Waals surface area (Å²) in [5.74, 6) is -1.58. The standard InChI is InChI=1S/C22H17FN2O5S/c1-13-11-14(22(27)30-2)7-9-18(13)24-21(26)16-12-15(25(28)29)8-10-19(16)31-20-6-4-3-5-17(20)23/h3-12H,1-2H3,(H,24,26). The van der Waals surface area contributed by atoms with Crippen molar-refractivity contribution in [2.45, 2.75) is 16.7 Å². The lowest BCUT2D eigenvalue weighted by Crippen LogP contribution is -2.14. The summed E-state index contributed by atoms with van der Waals surface area (Å²) in [5.41, 5.74) is 1.11. The third kappa shape index (κ3) is 5.07. The van der Waals surface area contributed by atoms with E-state index in [9.17, 15) is 24.1 Å². The van der Waals surface area contributed by atoms with E-state index in [0.717, 1.165) is 17.8 Å². The van der Waals surface area contributed by atoms with Crippen molar-refractivity contribution in [1.82, 2.24) is 0 Å². The number of carbonyl (C=O) groups excluding carboxylic acids is 2. The molecule has 1 N–H and O–H groups in total. The van der Waals surface area contributed by atoms with Crippen LogP contribution >= 0.6 is 11.8 Å². The molecule has 0 saturated carbocycles. The molecule has 0 atom stereocenters. The molecule has 3 aromatic rings. The summed E-state index contributed by atoms with van der Waals surface area (Å²) in [7, 11) is 1.27. The van der Waals surface area contributed by atoms with Gasteiger partial charge in [-0.1, -0.05) is 23.9 Å². The molecule has 0 saturated heterocycles. The second-order valence-electron chi connectivity index (χ2n) is 6.45. The van der Waals surface area contributed by atoms with E-state index in [0.29, 0.717) is 21.7 Å². The topological polar surface area (TPSA) is 98.5 Å². The lowest BCUT2D eigenvalue weighted by Gasteiger charge is -2.13. The Morgan fingerprint density at radius 3 is 2.45 bits per heavy atom. The number of amides is 1. The Morgan fingerprint density at radius 2 is 1.81 bits per heavy atom. The highest BCUT2D eigenvalue weighted by atomic mass is 32.2. The molecule has 0 radical (unpaired) electrons. The zero-order valence-electron chi connectivity index (χ0n) is 16.5. The second kappa shape index (κ2) is 9.40. The molecule has 0 spiro atoms. The second-order valence-corrected chi connectivity index (χ2v) is 7.53. The smallest absolute Gasteiger partial charge is 0.337 e. The maximum Gasteiger partial charge on any atom is 0.337 e. The minimum atomic E-state index is -0.606. The highest BCUT2D eigenvalue weighted by Crippen LogP contribution is 2.34. The van der Waals surface area contributed by atoms with Crippen molar-refractivity contribution < 1.29 is 23.6 Å². The molecule has 1 amide bonds. The van der Waals surface area contributed by atoms with Gasteiger partial charge < -0.3 is 10.1 Å². The Hall–Kier alpha value is -3.72. The molecular weight excluding hydrogens is 423 g/mol. The molecule has 158 valence electrons. The molecule has 0 bridgehead atoms. The summed E-state index contributed by atoms with van der Waals surface area (Å²) in [6.45, 7) is 1.70. The molecule has 0 unspecified atom stereocenters. The molecule has 0 fully saturated rings. The van der Waals surface area contributed by atoms with E-state index in [1.807, 2.05) is 0 Å². The Bertz CT molecular complexity index is 1180. The normalized spacial score (nSPS) is 10.4. The van der Waals surface area contributed by atoms with Crippen LogP contribution < -0.4 is 5.32 Å². The number of benzene rings is 3. The van der Waals surface area contributed by atoms with E-state index in [4.69, 9.17) is 0 Å². The van der Waals surface area contributed by atoms with Gasteiger partial charge in [-0.15, -0.1) is 0 Å². The number of hydrogen-bond donors (Lipinski definition) is 1. The SMILES string of the molecule is COC(=O)c1ccc(NC(=O)c2cc([N+](=O)[O-])ccc2Sc2ccccc2F)c(C)c1. The minimum Gasteiger partial charge on any atom is -0.465 e. The van der Waals surface area contributed by atoms with Crippen molar-refractivity contribution in [2.24, 2.45) is 0 Å². The van der Waals surface area contributed by atoms with E-state index < -0.39 is 22.6 Å². The summed E-state index contributed by atoms with van der Waals surface area (Å²) in [4.78, 5) is 35.9. The Morgan fingerprint density at radius 1 is 1.06 bits per heavy atom. The summed E-state index contributed by atoms with van der Waals surface area (Å²) in [6, 6.07) is 14.5. The molecular formula is C22H17FN2O5S. The predicted octanol–water partition coefficient (Wildman–Crippen LogP) is 5.23. The van der Waals surface area contributed by atoms with Gasteiger partial charge in [0.15, 0.2) is 0 Å². The molecule has 9 heteroatoms. The maximum absolute atomic E-state index is 14.1. The van der Waals surface area contributed by atoms with Gasteiger partial charge in [0.05, 0.1) is 23.2 Å². The Kier molecular flexibility index (Phi) is 6.66. The summed E-state index contributed by atoms with van der Waals surface area (Å²) in [5, 5.41) is 13.9. The van der Waals surface area contributed by atoms with Crippen LogP contribution in [0.4, 0.5) is 15.8 Å². The fraction of sp³-hybridized carbons (Fsp3) is 0.0909. The van der Waals surface area contributed by atoms with Gasteiger partial charge in [0.25, 0.3) is 11.6 Å². The van der Waals surface area contributed by atoms with Crippen LogP contribution in [0.5, 0.6) is 0 Å². The number of rotatable bonds is 6. The number of carbonyl (C=O) groups is 2. The summed E-state index contributed by atoms with van der Waals surface area (Å²) < 4.78 is 18.8. The van der Waals surface area contributed by atoms with Gasteiger partial charge in [-0.05, 0) is 48.9 Å². The zero-order chi connectivity index (χ0) is 22.5. The van der Waals surface area contributed by atoms with E-state index in [2.05, 4.69) is 10.1 Å². The number of aryl methyl sites for hydroxylation is 1. The van der Waals surface area contributed by atoms with Crippen LogP contribution in [0.3, 0.4) is 0 Å². The molecule has 7 nitrogen and oxygen atoms in total. The third-order valence-corrected chi connectivity index (χ3v) is 5.50. The van der Waals surface area contributed by atoms with Crippen LogP contribution in [0.1, 0.15) is 26.3 Å². The Balaban J connectivity index is 1.95. The quantitative estimate of drug-likeness (QED) is 0.320. The van der Waals surface area contributed by atoms with Gasteiger partial charge in [-0.25, -0.2) is 9.18 Å². The van der Waals surface area contributed by atoms with Gasteiger partial charge in [0, 0.05) is 27.6 Å². The van der Waals surface area contributed by atoms with Crippen LogP contribution in [-0.2, 0) is 4.74 Å². The molecule has 3 rings (SSSR count). The highest BCUT2D eigenvalue weighted by molar-refractivity contribution is 7.99. The maximum atomic E-state index is 14.1. The number of anilines is 1. The molecule has 3 aromatic carbocycles. The van der Waals surface area contributed by atoms with Crippen molar-refractivity contribution in [3.05, 3.63) is 93.3 Å². The van der Waals surface area contributed by atoms with Crippen molar-refractivity contribution >= 4 is 35.0 Å². The largest absolute Gasteiger partial charge is 0.465 e. The molecule has 0 aromatic heterocycles. The number of halogens is 1. The Labute approximate surface area is 181 Å². The fourth-order valence-corrected chi connectivity index (χ4v) is 3.73. The number of methoxy groups -OCH3 is 1. The molecule has 31 heavy (non-hydrogen) atoms. The minimum absolute atomic E-state index is 0.0268. The van der Waals surface area contributed by atoms with Gasteiger partial charge in [-0.3, -0.25) is 14.9 Å². The van der Waals surface area contributed by atoms with E-state index in [1.165, 1.54) is 31.4 Å². The lowest BCUT2D eigenvalue weighted by atomic mass is 10.1. The van der Waals surface area contributed by atoms with Gasteiger partial charge in [0.1, 0.15) is 5.82 Å². The first-order valence-corrected chi connectivity index (χ1v) is 9.83. The number of ether oxygens (including phenoxy) is 1. The molecule has 0 aliphatic carbocycles. The number of nitro benzene ring substituents is 1. The number of esters is 1. The summed E-state index contributed by atoms with van der Waals surface area (Å²) >= 11 is 0.994. The lowest BCUT2D eigenvalue weighted by molar-refractivity contribution is -0.384. The monoisotopic (exact) mass is 440 g/mol. The number of nitrogens with zero attached hydrogens (tertiary/aromatic N) is 1. The van der Waals surface area contributed by atoms with E-state index >= 15 is 0 Å². The average molecular weight is 440 g/mol. The van der Waals surface area contributed by atoms with Gasteiger partial charge in [-0.2, -0.15) is 0 Å². The third-order valence-electron chi connectivity index (χ3n) is 4.37. The number of hydrogen-bond acceptors (Lipinski definition) is 6. The van der Waals surface area contributed by atoms with E-state index in [-0.39, 0.29) is 16.1 Å². The predicted molar refractivity (Wildman–Crippen MR) is 114 cm³/mol.